The van der Waals surface area contributed by atoms with Gasteiger partial charge in [-0.2, -0.15) is 5.10 Å². The van der Waals surface area contributed by atoms with Gasteiger partial charge in [-0.25, -0.2) is 0 Å². The maximum Gasteiger partial charge on any atom is 0.330 e. The number of benzene rings is 2. The van der Waals surface area contributed by atoms with E-state index in [-0.39, 0.29) is 5.78 Å². The quantitative estimate of drug-likeness (QED) is 0.437. The number of rotatable bonds is 3. The van der Waals surface area contributed by atoms with Gasteiger partial charge in [-0.3, -0.25) is 19.4 Å². The predicted octanol–water partition coefficient (Wildman–Crippen LogP) is 4.52. The average Bonchev–Trinajstić information content (AvgIpc) is 3.47. The third kappa shape index (κ3) is 3.35. The Morgan fingerprint density at radius 2 is 1.63 bits per heavy atom. The van der Waals surface area contributed by atoms with E-state index in [0.717, 1.165) is 24.0 Å². The van der Waals surface area contributed by atoms with Crippen LogP contribution in [0.4, 0.5) is 0 Å². The molecule has 6 rings (SSSR count). The van der Waals surface area contributed by atoms with Crippen molar-refractivity contribution >= 4 is 23.9 Å². The van der Waals surface area contributed by atoms with Crippen molar-refractivity contribution in [3.05, 3.63) is 65.2 Å². The number of ether oxygens (including phenoxy) is 3. The van der Waals surface area contributed by atoms with Crippen molar-refractivity contribution in [2.24, 2.45) is 15.9 Å². The number of carbonyl (C=O) groups is 3. The van der Waals surface area contributed by atoms with Crippen LogP contribution in [0, 0.1) is 10.8 Å². The Morgan fingerprint density at radius 1 is 1.00 bits per heavy atom. The van der Waals surface area contributed by atoms with E-state index >= 15 is 0 Å². The minimum atomic E-state index is -1.83. The van der Waals surface area contributed by atoms with Crippen molar-refractivity contribution in [2.45, 2.75) is 70.2 Å². The maximum absolute atomic E-state index is 14.4. The largest absolute Gasteiger partial charge is 0.497 e. The van der Waals surface area contributed by atoms with E-state index in [9.17, 15) is 14.4 Å². The lowest BCUT2D eigenvalue weighted by Crippen LogP contribution is -2.59. The summed E-state index contributed by atoms with van der Waals surface area (Å²) in [6.07, 6.45) is 4.26. The number of carbonyl (C=O) groups excluding carboxylic acids is 3. The number of Topliss-reactive ketones (excluding diaryl/α,β-unsaturated/α-hetero) is 1. The molecule has 198 valence electrons. The summed E-state index contributed by atoms with van der Waals surface area (Å²) in [7, 11) is 1.57. The molecule has 2 aromatic carbocycles. The number of fused-ring (bicyclic) bond motifs is 4. The Labute approximate surface area is 221 Å². The van der Waals surface area contributed by atoms with Crippen LogP contribution in [-0.4, -0.2) is 47.9 Å². The van der Waals surface area contributed by atoms with Crippen LogP contribution in [0.3, 0.4) is 0 Å². The van der Waals surface area contributed by atoms with Gasteiger partial charge in [0.1, 0.15) is 17.8 Å². The molecule has 0 unspecified atom stereocenters. The number of hydrazone groups is 1. The SMILES string of the molecule is COc1ccc([C@@H]2[C@H](C(=O)C(C)(C)C)N3N=Cc4ccccc4[C@@H]3C23C(=O)OC2(CCCC2)OC3=O)cc1. The van der Waals surface area contributed by atoms with Crippen LogP contribution in [0.25, 0.3) is 0 Å². The van der Waals surface area contributed by atoms with Crippen LogP contribution >= 0.6 is 0 Å². The highest BCUT2D eigenvalue weighted by atomic mass is 16.7. The zero-order valence-electron chi connectivity index (χ0n) is 22.1. The van der Waals surface area contributed by atoms with E-state index in [1.165, 1.54) is 0 Å². The van der Waals surface area contributed by atoms with Gasteiger partial charge < -0.3 is 14.2 Å². The van der Waals surface area contributed by atoms with Gasteiger partial charge in [0, 0.05) is 24.2 Å². The molecule has 2 spiro atoms. The van der Waals surface area contributed by atoms with Gasteiger partial charge in [0.15, 0.2) is 5.78 Å². The highest BCUT2D eigenvalue weighted by Crippen LogP contribution is 2.64. The molecule has 0 N–H and O–H groups in total. The maximum atomic E-state index is 14.4. The normalized spacial score (nSPS) is 26.6. The van der Waals surface area contributed by atoms with Gasteiger partial charge >= 0.3 is 11.9 Å². The number of esters is 2. The van der Waals surface area contributed by atoms with E-state index in [1.807, 2.05) is 57.2 Å². The minimum Gasteiger partial charge on any atom is -0.497 e. The molecule has 1 saturated carbocycles. The van der Waals surface area contributed by atoms with Gasteiger partial charge in [-0.1, -0.05) is 57.2 Å². The van der Waals surface area contributed by atoms with Crippen LogP contribution in [-0.2, 0) is 23.9 Å². The number of ketones is 1. The summed E-state index contributed by atoms with van der Waals surface area (Å²) in [5.41, 5.74) is -0.435. The van der Waals surface area contributed by atoms with Gasteiger partial charge in [0.05, 0.1) is 13.3 Å². The molecule has 3 heterocycles. The van der Waals surface area contributed by atoms with E-state index in [0.29, 0.717) is 24.2 Å². The molecular formula is C30H32N2O6. The van der Waals surface area contributed by atoms with Crippen LogP contribution in [0.2, 0.25) is 0 Å². The fourth-order valence-electron chi connectivity index (χ4n) is 6.65. The number of methoxy groups -OCH3 is 1. The lowest BCUT2D eigenvalue weighted by Gasteiger charge is -2.45. The molecule has 38 heavy (non-hydrogen) atoms. The predicted molar refractivity (Wildman–Crippen MR) is 138 cm³/mol. The molecule has 1 aliphatic carbocycles. The van der Waals surface area contributed by atoms with Crippen molar-refractivity contribution in [3.63, 3.8) is 0 Å². The second-order valence-electron chi connectivity index (χ2n) is 11.7. The lowest BCUT2D eigenvalue weighted by molar-refractivity contribution is -0.263. The molecule has 2 saturated heterocycles. The zero-order valence-corrected chi connectivity index (χ0v) is 22.1. The summed E-state index contributed by atoms with van der Waals surface area (Å²) in [4.78, 5) is 43.1. The lowest BCUT2D eigenvalue weighted by atomic mass is 9.64. The standard InChI is InChI=1S/C30H32N2O6/c1-28(2,3)25(33)23-22(18-11-13-20(36-4)14-12-18)30(24-21-10-6-5-9-19(21)17-31-32(23)24)26(34)37-29(38-27(30)35)15-7-8-16-29/h5-6,9-14,17,22-24H,7-8,15-16H2,1-4H3/t22-,23-,24-/m1/s1. The molecule has 3 aliphatic heterocycles. The molecule has 0 amide bonds. The Kier molecular flexibility index (Phi) is 5.46. The van der Waals surface area contributed by atoms with E-state index < -0.39 is 46.6 Å². The van der Waals surface area contributed by atoms with Crippen LogP contribution < -0.4 is 4.74 Å². The molecule has 4 aliphatic rings. The second-order valence-corrected chi connectivity index (χ2v) is 11.7. The molecule has 3 atom stereocenters. The summed E-state index contributed by atoms with van der Waals surface area (Å²) in [6.45, 7) is 5.52. The van der Waals surface area contributed by atoms with E-state index in [2.05, 4.69) is 0 Å². The highest BCUT2D eigenvalue weighted by Gasteiger charge is 2.76. The van der Waals surface area contributed by atoms with Crippen molar-refractivity contribution in [1.82, 2.24) is 5.01 Å². The summed E-state index contributed by atoms with van der Waals surface area (Å²) in [5, 5.41) is 6.37. The molecule has 2 aromatic rings. The molecule has 0 radical (unpaired) electrons. The molecule has 0 aromatic heterocycles. The first-order valence-electron chi connectivity index (χ1n) is 13.2. The van der Waals surface area contributed by atoms with Crippen molar-refractivity contribution in [1.29, 1.82) is 0 Å². The highest BCUT2D eigenvalue weighted by molar-refractivity contribution is 6.07. The van der Waals surface area contributed by atoms with Gasteiger partial charge in [0.2, 0.25) is 5.41 Å². The third-order valence-corrected chi connectivity index (χ3v) is 8.49. The summed E-state index contributed by atoms with van der Waals surface area (Å²) in [5.74, 6) is -2.94. The van der Waals surface area contributed by atoms with Crippen molar-refractivity contribution in [3.8, 4) is 5.75 Å². The zero-order chi connectivity index (χ0) is 26.9. The number of nitrogens with zero attached hydrogens (tertiary/aromatic N) is 2. The Hall–Kier alpha value is -3.68. The fourth-order valence-corrected chi connectivity index (χ4v) is 6.65. The topological polar surface area (TPSA) is 94.5 Å². The van der Waals surface area contributed by atoms with Crippen molar-refractivity contribution < 1.29 is 28.6 Å². The number of hydrogen-bond donors (Lipinski definition) is 0. The average molecular weight is 517 g/mol. The first-order chi connectivity index (χ1) is 18.1. The molecule has 0 bridgehead atoms. The van der Waals surface area contributed by atoms with E-state index in [4.69, 9.17) is 19.3 Å². The van der Waals surface area contributed by atoms with Gasteiger partial charge in [-0.05, 0) is 41.7 Å². The third-order valence-electron chi connectivity index (χ3n) is 8.49. The number of hydrogen-bond acceptors (Lipinski definition) is 8. The summed E-state index contributed by atoms with van der Waals surface area (Å²) >= 11 is 0. The Morgan fingerprint density at radius 3 is 2.24 bits per heavy atom. The molecule has 3 fully saturated rings. The van der Waals surface area contributed by atoms with Crippen LogP contribution in [0.1, 0.15) is 75.1 Å². The molecule has 8 heteroatoms. The van der Waals surface area contributed by atoms with Crippen LogP contribution in [0.5, 0.6) is 5.75 Å². The first-order valence-corrected chi connectivity index (χ1v) is 13.2. The molecular weight excluding hydrogens is 484 g/mol. The summed E-state index contributed by atoms with van der Waals surface area (Å²) < 4.78 is 17.6. The van der Waals surface area contributed by atoms with E-state index in [1.54, 1.807) is 30.5 Å². The molecule has 8 nitrogen and oxygen atoms in total. The Balaban J connectivity index is 1.62. The summed E-state index contributed by atoms with van der Waals surface area (Å²) in [6, 6.07) is 12.9. The fraction of sp³-hybridized carbons (Fsp3) is 0.467. The smallest absolute Gasteiger partial charge is 0.330 e. The second kappa shape index (κ2) is 8.41. The van der Waals surface area contributed by atoms with Crippen LogP contribution in [0.15, 0.2) is 53.6 Å². The van der Waals surface area contributed by atoms with Gasteiger partial charge in [-0.15, -0.1) is 0 Å². The van der Waals surface area contributed by atoms with Crippen molar-refractivity contribution in [2.75, 3.05) is 7.11 Å². The minimum absolute atomic E-state index is 0.126. The van der Waals surface area contributed by atoms with Gasteiger partial charge in [0.25, 0.3) is 5.79 Å². The monoisotopic (exact) mass is 516 g/mol. The first kappa shape index (κ1) is 24.6. The Bertz CT molecular complexity index is 1320.